The van der Waals surface area contributed by atoms with Crippen molar-refractivity contribution in [2.24, 2.45) is 0 Å². The number of hydrogen-bond donors (Lipinski definition) is 2. The van der Waals surface area contributed by atoms with Crippen molar-refractivity contribution in [3.8, 4) is 0 Å². The van der Waals surface area contributed by atoms with Crippen LogP contribution in [0, 0.1) is 6.92 Å². The molecule has 0 saturated heterocycles. The molecule has 2 aromatic heterocycles. The molecule has 24 heavy (non-hydrogen) atoms. The Bertz CT molecular complexity index is 830. The van der Waals surface area contributed by atoms with Crippen molar-refractivity contribution in [1.29, 1.82) is 0 Å². The van der Waals surface area contributed by atoms with Gasteiger partial charge in [0, 0.05) is 16.4 Å². The Hall–Kier alpha value is -2.60. The summed E-state index contributed by atoms with van der Waals surface area (Å²) in [6.45, 7) is 2.37. The average molecular weight is 386 g/mol. The third-order valence-electron chi connectivity index (χ3n) is 3.46. The van der Waals surface area contributed by atoms with Crippen molar-refractivity contribution in [1.82, 2.24) is 10.3 Å². The van der Waals surface area contributed by atoms with Crippen LogP contribution in [0.3, 0.4) is 0 Å². The van der Waals surface area contributed by atoms with Crippen molar-refractivity contribution in [2.75, 3.05) is 5.32 Å². The summed E-state index contributed by atoms with van der Waals surface area (Å²) in [5, 5.41) is 6.00. The van der Waals surface area contributed by atoms with Crippen molar-refractivity contribution in [3.63, 3.8) is 0 Å². The van der Waals surface area contributed by atoms with E-state index in [2.05, 4.69) is 31.5 Å². The Morgan fingerprint density at radius 3 is 2.79 bits per heavy atom. The topological polar surface area (TPSA) is 67.2 Å². The number of carbonyl (C=O) groups excluding carboxylic acids is 1. The van der Waals surface area contributed by atoms with Gasteiger partial charge in [0.2, 0.25) is 0 Å². The summed E-state index contributed by atoms with van der Waals surface area (Å²) < 4.78 is 6.24. The van der Waals surface area contributed by atoms with E-state index in [9.17, 15) is 4.79 Å². The molecule has 0 aliphatic heterocycles. The van der Waals surface area contributed by atoms with Gasteiger partial charge in [0.1, 0.15) is 11.6 Å². The Kier molecular flexibility index (Phi) is 4.96. The van der Waals surface area contributed by atoms with Crippen LogP contribution in [0.15, 0.2) is 63.8 Å². The molecule has 3 aromatic rings. The molecular formula is C18H16BrN3O2. The first-order chi connectivity index (χ1) is 11.6. The second-order valence-corrected chi connectivity index (χ2v) is 6.14. The number of rotatable bonds is 5. The fraction of sp³-hybridized carbons (Fsp3) is 0.111. The second kappa shape index (κ2) is 7.31. The maximum atomic E-state index is 12.1. The molecule has 0 unspecified atom stereocenters. The van der Waals surface area contributed by atoms with Crippen LogP contribution in [0.2, 0.25) is 0 Å². The summed E-state index contributed by atoms with van der Waals surface area (Å²) in [4.78, 5) is 16.4. The largest absolute Gasteiger partial charge is 0.467 e. The van der Waals surface area contributed by atoms with Crippen LogP contribution in [0.4, 0.5) is 11.5 Å². The number of benzene rings is 1. The van der Waals surface area contributed by atoms with E-state index in [1.165, 1.54) is 0 Å². The van der Waals surface area contributed by atoms with E-state index >= 15 is 0 Å². The molecule has 0 aliphatic carbocycles. The number of halogens is 1. The zero-order valence-electron chi connectivity index (χ0n) is 13.0. The standard InChI is InChI=1S/C18H16BrN3O2/c1-12-9-14(5-6-16(12)19)22-17-7-4-13(10-20-17)18(23)21-11-15-3-2-8-24-15/h2-10H,11H2,1H3,(H,20,22)(H,21,23). The first-order valence-electron chi connectivity index (χ1n) is 7.41. The lowest BCUT2D eigenvalue weighted by Crippen LogP contribution is -2.22. The number of pyridine rings is 1. The summed E-state index contributed by atoms with van der Waals surface area (Å²) >= 11 is 3.47. The predicted molar refractivity (Wildman–Crippen MR) is 96.3 cm³/mol. The van der Waals surface area contributed by atoms with Crippen LogP contribution in [0.5, 0.6) is 0 Å². The minimum Gasteiger partial charge on any atom is -0.467 e. The Morgan fingerprint density at radius 1 is 1.25 bits per heavy atom. The van der Waals surface area contributed by atoms with Crippen LogP contribution in [-0.2, 0) is 6.54 Å². The molecule has 6 heteroatoms. The van der Waals surface area contributed by atoms with Gasteiger partial charge in [-0.1, -0.05) is 15.9 Å². The highest BCUT2D eigenvalue weighted by Gasteiger charge is 2.07. The van der Waals surface area contributed by atoms with E-state index in [0.29, 0.717) is 23.7 Å². The molecule has 0 saturated carbocycles. The maximum absolute atomic E-state index is 12.1. The fourth-order valence-electron chi connectivity index (χ4n) is 2.16. The van der Waals surface area contributed by atoms with Gasteiger partial charge in [-0.05, 0) is 55.0 Å². The Balaban J connectivity index is 1.62. The number of amides is 1. The highest BCUT2D eigenvalue weighted by atomic mass is 79.9. The molecule has 122 valence electrons. The number of furan rings is 1. The lowest BCUT2D eigenvalue weighted by atomic mass is 10.2. The van der Waals surface area contributed by atoms with Crippen molar-refractivity contribution >= 4 is 33.3 Å². The number of aryl methyl sites for hydroxylation is 1. The van der Waals surface area contributed by atoms with Gasteiger partial charge in [-0.2, -0.15) is 0 Å². The molecule has 0 aliphatic rings. The number of hydrogen-bond acceptors (Lipinski definition) is 4. The van der Waals surface area contributed by atoms with E-state index in [-0.39, 0.29) is 5.91 Å². The molecule has 1 amide bonds. The summed E-state index contributed by atoms with van der Waals surface area (Å²) in [5.74, 6) is 1.20. The van der Waals surface area contributed by atoms with E-state index < -0.39 is 0 Å². The zero-order chi connectivity index (χ0) is 16.9. The average Bonchev–Trinajstić information content (AvgIpc) is 3.10. The van der Waals surface area contributed by atoms with E-state index in [4.69, 9.17) is 4.42 Å². The zero-order valence-corrected chi connectivity index (χ0v) is 14.6. The van der Waals surface area contributed by atoms with Crippen LogP contribution >= 0.6 is 15.9 Å². The molecule has 0 atom stereocenters. The highest BCUT2D eigenvalue weighted by molar-refractivity contribution is 9.10. The molecule has 0 bridgehead atoms. The van der Waals surface area contributed by atoms with Gasteiger partial charge in [-0.25, -0.2) is 4.98 Å². The summed E-state index contributed by atoms with van der Waals surface area (Å²) in [6.07, 6.45) is 3.12. The number of carbonyl (C=O) groups is 1. The third-order valence-corrected chi connectivity index (χ3v) is 4.35. The normalized spacial score (nSPS) is 10.4. The van der Waals surface area contributed by atoms with Gasteiger partial charge in [-0.15, -0.1) is 0 Å². The molecule has 0 fully saturated rings. The first-order valence-corrected chi connectivity index (χ1v) is 8.21. The van der Waals surface area contributed by atoms with Gasteiger partial charge in [0.25, 0.3) is 5.91 Å². The molecule has 1 aromatic carbocycles. The van der Waals surface area contributed by atoms with Gasteiger partial charge in [-0.3, -0.25) is 4.79 Å². The van der Waals surface area contributed by atoms with Crippen molar-refractivity contribution in [3.05, 3.63) is 76.3 Å². The molecule has 2 N–H and O–H groups in total. The van der Waals surface area contributed by atoms with E-state index in [1.807, 2.05) is 31.2 Å². The predicted octanol–water partition coefficient (Wildman–Crippen LogP) is 4.42. The number of anilines is 2. The van der Waals surface area contributed by atoms with E-state index in [0.717, 1.165) is 15.7 Å². The lowest BCUT2D eigenvalue weighted by Gasteiger charge is -2.08. The van der Waals surface area contributed by atoms with Crippen LogP contribution in [0.25, 0.3) is 0 Å². The van der Waals surface area contributed by atoms with Gasteiger partial charge >= 0.3 is 0 Å². The van der Waals surface area contributed by atoms with E-state index in [1.54, 1.807) is 30.7 Å². The highest BCUT2D eigenvalue weighted by Crippen LogP contribution is 2.22. The van der Waals surface area contributed by atoms with Crippen LogP contribution in [0.1, 0.15) is 21.7 Å². The van der Waals surface area contributed by atoms with Crippen molar-refractivity contribution in [2.45, 2.75) is 13.5 Å². The first kappa shape index (κ1) is 16.3. The minimum atomic E-state index is -0.190. The minimum absolute atomic E-state index is 0.190. The maximum Gasteiger partial charge on any atom is 0.253 e. The summed E-state index contributed by atoms with van der Waals surface area (Å²) in [7, 11) is 0. The van der Waals surface area contributed by atoms with Crippen LogP contribution in [-0.4, -0.2) is 10.9 Å². The number of nitrogens with zero attached hydrogens (tertiary/aromatic N) is 1. The number of nitrogens with one attached hydrogen (secondary N) is 2. The van der Waals surface area contributed by atoms with Crippen molar-refractivity contribution < 1.29 is 9.21 Å². The molecule has 3 rings (SSSR count). The SMILES string of the molecule is Cc1cc(Nc2ccc(C(=O)NCc3ccco3)cn2)ccc1Br. The summed E-state index contributed by atoms with van der Waals surface area (Å²) in [6, 6.07) is 13.1. The monoisotopic (exact) mass is 385 g/mol. The second-order valence-electron chi connectivity index (χ2n) is 5.28. The molecule has 2 heterocycles. The van der Waals surface area contributed by atoms with Gasteiger partial charge < -0.3 is 15.1 Å². The molecule has 5 nitrogen and oxygen atoms in total. The Morgan fingerprint density at radius 2 is 2.12 bits per heavy atom. The smallest absolute Gasteiger partial charge is 0.253 e. The lowest BCUT2D eigenvalue weighted by molar-refractivity contribution is 0.0947. The fourth-order valence-corrected chi connectivity index (χ4v) is 2.40. The quantitative estimate of drug-likeness (QED) is 0.681. The molecule has 0 radical (unpaired) electrons. The van der Waals surface area contributed by atoms with Gasteiger partial charge in [0.15, 0.2) is 0 Å². The molecular weight excluding hydrogens is 370 g/mol. The third kappa shape index (κ3) is 4.02. The van der Waals surface area contributed by atoms with Gasteiger partial charge in [0.05, 0.1) is 18.4 Å². The molecule has 0 spiro atoms. The van der Waals surface area contributed by atoms with Crippen LogP contribution < -0.4 is 10.6 Å². The Labute approximate surface area is 148 Å². The summed E-state index contributed by atoms with van der Waals surface area (Å²) in [5.41, 5.74) is 2.58. The number of aromatic nitrogens is 1.